The Hall–Kier alpha value is -2.21. The molecule has 1 N–H and O–H groups in total. The molecule has 0 saturated carbocycles. The SMILES string of the molecule is CN1C2CCC1CC(NC(=O)c1ccc(-c3csc(-c4ccnc(C(C)(C)C)c4)c3)c(Cl)c1)C2. The highest BCUT2D eigenvalue weighted by molar-refractivity contribution is 7.14. The van der Waals surface area contributed by atoms with E-state index in [9.17, 15) is 4.79 Å². The number of nitrogens with one attached hydrogen (secondary N) is 1. The molecule has 2 bridgehead atoms. The van der Waals surface area contributed by atoms with Crippen molar-refractivity contribution in [3.8, 4) is 21.6 Å². The summed E-state index contributed by atoms with van der Waals surface area (Å²) in [6.07, 6.45) is 6.44. The molecule has 178 valence electrons. The molecule has 2 unspecified atom stereocenters. The molecular weight excluding hydrogens is 462 g/mol. The average Bonchev–Trinajstić information content (AvgIpc) is 3.35. The molecule has 2 fully saturated rings. The summed E-state index contributed by atoms with van der Waals surface area (Å²) in [6.45, 7) is 6.52. The van der Waals surface area contributed by atoms with E-state index < -0.39 is 0 Å². The fourth-order valence-corrected chi connectivity index (χ4v) is 6.51. The van der Waals surface area contributed by atoms with E-state index in [1.165, 1.54) is 17.7 Å². The van der Waals surface area contributed by atoms with Crippen LogP contribution in [0.1, 0.15) is 62.5 Å². The summed E-state index contributed by atoms with van der Waals surface area (Å²) in [7, 11) is 2.22. The fourth-order valence-electron chi connectivity index (χ4n) is 5.31. The van der Waals surface area contributed by atoms with Gasteiger partial charge < -0.3 is 10.2 Å². The summed E-state index contributed by atoms with van der Waals surface area (Å²) in [6, 6.07) is 13.5. The van der Waals surface area contributed by atoms with Crippen molar-refractivity contribution in [1.29, 1.82) is 0 Å². The molecule has 34 heavy (non-hydrogen) atoms. The molecular formula is C28H32ClN3OS. The minimum absolute atomic E-state index is 0.00291. The maximum absolute atomic E-state index is 12.9. The van der Waals surface area contributed by atoms with E-state index in [1.807, 2.05) is 18.3 Å². The number of amides is 1. The van der Waals surface area contributed by atoms with Gasteiger partial charge in [0.05, 0.1) is 0 Å². The van der Waals surface area contributed by atoms with Crippen molar-refractivity contribution in [3.05, 3.63) is 64.3 Å². The van der Waals surface area contributed by atoms with Crippen molar-refractivity contribution in [3.63, 3.8) is 0 Å². The predicted octanol–water partition coefficient (Wildman–Crippen LogP) is 6.78. The Morgan fingerprint density at radius 2 is 1.82 bits per heavy atom. The number of fused-ring (bicyclic) bond motifs is 2. The van der Waals surface area contributed by atoms with Gasteiger partial charge in [-0.25, -0.2) is 0 Å². The van der Waals surface area contributed by atoms with Crippen molar-refractivity contribution >= 4 is 28.8 Å². The van der Waals surface area contributed by atoms with Gasteiger partial charge in [-0.05, 0) is 79.6 Å². The van der Waals surface area contributed by atoms with Gasteiger partial charge in [0.15, 0.2) is 0 Å². The number of thiophene rings is 1. The van der Waals surface area contributed by atoms with Crippen LogP contribution in [0.2, 0.25) is 5.02 Å². The first-order valence-electron chi connectivity index (χ1n) is 12.1. The predicted molar refractivity (Wildman–Crippen MR) is 142 cm³/mol. The first-order valence-corrected chi connectivity index (χ1v) is 13.3. The molecule has 2 aliphatic rings. The average molecular weight is 494 g/mol. The van der Waals surface area contributed by atoms with Gasteiger partial charge in [-0.3, -0.25) is 9.78 Å². The van der Waals surface area contributed by atoms with Gasteiger partial charge in [0.1, 0.15) is 0 Å². The van der Waals surface area contributed by atoms with E-state index in [-0.39, 0.29) is 17.4 Å². The van der Waals surface area contributed by atoms with Crippen LogP contribution in [0.25, 0.3) is 21.6 Å². The molecule has 0 radical (unpaired) electrons. The molecule has 1 amide bonds. The number of carbonyl (C=O) groups excluding carboxylic acids is 1. The van der Waals surface area contributed by atoms with E-state index in [1.54, 1.807) is 17.4 Å². The Morgan fingerprint density at radius 1 is 1.09 bits per heavy atom. The Kier molecular flexibility index (Phi) is 6.30. The quantitative estimate of drug-likeness (QED) is 0.435. The summed E-state index contributed by atoms with van der Waals surface area (Å²) in [5.74, 6) is -0.0279. The minimum Gasteiger partial charge on any atom is -0.349 e. The third-order valence-corrected chi connectivity index (χ3v) is 8.68. The monoisotopic (exact) mass is 493 g/mol. The van der Waals surface area contributed by atoms with Gasteiger partial charge in [0, 0.05) is 56.5 Å². The smallest absolute Gasteiger partial charge is 0.251 e. The lowest BCUT2D eigenvalue weighted by molar-refractivity contribution is 0.0882. The number of aromatic nitrogens is 1. The number of rotatable bonds is 4. The third-order valence-electron chi connectivity index (χ3n) is 7.39. The largest absolute Gasteiger partial charge is 0.349 e. The molecule has 2 saturated heterocycles. The molecule has 4 heterocycles. The van der Waals surface area contributed by atoms with Crippen LogP contribution in [-0.2, 0) is 5.41 Å². The molecule has 6 heteroatoms. The number of nitrogens with zero attached hydrogens (tertiary/aromatic N) is 2. The summed E-state index contributed by atoms with van der Waals surface area (Å²) in [4.78, 5) is 21.1. The summed E-state index contributed by atoms with van der Waals surface area (Å²) < 4.78 is 0. The molecule has 5 rings (SSSR count). The van der Waals surface area contributed by atoms with Crippen molar-refractivity contribution in [2.45, 2.75) is 70.0 Å². The first-order chi connectivity index (χ1) is 16.2. The Morgan fingerprint density at radius 3 is 2.50 bits per heavy atom. The van der Waals surface area contributed by atoms with Crippen molar-refractivity contribution in [1.82, 2.24) is 15.2 Å². The Labute approximate surface area is 211 Å². The molecule has 1 aromatic carbocycles. The number of benzene rings is 1. The molecule has 4 nitrogen and oxygen atoms in total. The second-order valence-electron chi connectivity index (χ2n) is 10.8. The number of pyridine rings is 1. The maximum atomic E-state index is 12.9. The fraction of sp³-hybridized carbons (Fsp3) is 0.429. The molecule has 2 aromatic heterocycles. The second kappa shape index (κ2) is 9.10. The van der Waals surface area contributed by atoms with Crippen molar-refractivity contribution in [2.24, 2.45) is 0 Å². The number of halogens is 1. The number of hydrogen-bond donors (Lipinski definition) is 1. The van der Waals surface area contributed by atoms with Gasteiger partial charge in [0.2, 0.25) is 0 Å². The van der Waals surface area contributed by atoms with Crippen LogP contribution in [0.5, 0.6) is 0 Å². The zero-order chi connectivity index (χ0) is 24.0. The normalized spacial score (nSPS) is 22.7. The van der Waals surface area contributed by atoms with Crippen LogP contribution < -0.4 is 5.32 Å². The van der Waals surface area contributed by atoms with Crippen LogP contribution in [0.3, 0.4) is 0 Å². The second-order valence-corrected chi connectivity index (χ2v) is 12.1. The van der Waals surface area contributed by atoms with Gasteiger partial charge in [-0.15, -0.1) is 11.3 Å². The lowest BCUT2D eigenvalue weighted by Crippen LogP contribution is -2.48. The highest BCUT2D eigenvalue weighted by Crippen LogP contribution is 2.37. The van der Waals surface area contributed by atoms with Crippen LogP contribution in [0.4, 0.5) is 0 Å². The number of carbonyl (C=O) groups is 1. The van der Waals surface area contributed by atoms with E-state index in [4.69, 9.17) is 11.6 Å². The number of piperidine rings is 1. The van der Waals surface area contributed by atoms with Crippen LogP contribution in [-0.4, -0.2) is 41.0 Å². The number of hydrogen-bond acceptors (Lipinski definition) is 4. The van der Waals surface area contributed by atoms with Crippen LogP contribution in [0.15, 0.2) is 48.0 Å². The van der Waals surface area contributed by atoms with E-state index >= 15 is 0 Å². The molecule has 0 aliphatic carbocycles. The van der Waals surface area contributed by atoms with Gasteiger partial charge in [-0.2, -0.15) is 0 Å². The highest BCUT2D eigenvalue weighted by atomic mass is 35.5. The summed E-state index contributed by atoms with van der Waals surface area (Å²) in [5.41, 5.74) is 4.88. The van der Waals surface area contributed by atoms with E-state index in [0.717, 1.165) is 35.2 Å². The van der Waals surface area contributed by atoms with Crippen LogP contribution >= 0.6 is 22.9 Å². The zero-order valence-corrected chi connectivity index (χ0v) is 21.8. The maximum Gasteiger partial charge on any atom is 0.251 e. The van der Waals surface area contributed by atoms with Gasteiger partial charge in [0.25, 0.3) is 5.91 Å². The zero-order valence-electron chi connectivity index (χ0n) is 20.3. The lowest BCUT2D eigenvalue weighted by atomic mass is 9.90. The molecule has 2 aliphatic heterocycles. The summed E-state index contributed by atoms with van der Waals surface area (Å²) >= 11 is 8.37. The topological polar surface area (TPSA) is 45.2 Å². The molecule has 2 atom stereocenters. The lowest BCUT2D eigenvalue weighted by Gasteiger charge is -2.36. The van der Waals surface area contributed by atoms with Gasteiger partial charge in [-0.1, -0.05) is 38.4 Å². The molecule has 3 aromatic rings. The highest BCUT2D eigenvalue weighted by Gasteiger charge is 2.38. The van der Waals surface area contributed by atoms with E-state index in [2.05, 4.69) is 66.6 Å². The van der Waals surface area contributed by atoms with Gasteiger partial charge >= 0.3 is 0 Å². The Balaban J connectivity index is 1.31. The first kappa shape index (κ1) is 23.5. The molecule has 0 spiro atoms. The third kappa shape index (κ3) is 4.66. The van der Waals surface area contributed by atoms with E-state index in [0.29, 0.717) is 22.7 Å². The standard InChI is InChI=1S/C28H32ClN3OS/c1-28(2,3)26-13-17(9-10-30-26)25-12-19(16-34-25)23-8-5-18(11-24(23)29)27(33)31-20-14-21-6-7-22(15-20)32(21)4/h5,8-13,16,20-22H,6-7,14-15H2,1-4H3,(H,31,33). The van der Waals surface area contributed by atoms with Crippen molar-refractivity contribution in [2.75, 3.05) is 7.05 Å². The Bertz CT molecular complexity index is 1200. The minimum atomic E-state index is -0.0279. The van der Waals surface area contributed by atoms with Crippen LogP contribution in [0, 0.1) is 0 Å². The summed E-state index contributed by atoms with van der Waals surface area (Å²) in [5, 5.41) is 5.99. The van der Waals surface area contributed by atoms with Crippen molar-refractivity contribution < 1.29 is 4.79 Å².